The molecule has 9 amide bonds. The van der Waals surface area contributed by atoms with Gasteiger partial charge in [-0.2, -0.15) is 0 Å². The number of nitrogens with zero attached hydrogens (tertiary/aromatic N) is 5. The van der Waals surface area contributed by atoms with E-state index < -0.39 is 106 Å². The van der Waals surface area contributed by atoms with Crippen LogP contribution in [0, 0.1) is 17.8 Å². The summed E-state index contributed by atoms with van der Waals surface area (Å²) in [4.78, 5) is 129. The first-order chi connectivity index (χ1) is 34.7. The van der Waals surface area contributed by atoms with Crippen LogP contribution in [0.15, 0.2) is 0 Å². The van der Waals surface area contributed by atoms with Gasteiger partial charge in [-0.25, -0.2) is 28.8 Å². The average molecular weight is 1080 g/mol. The van der Waals surface area contributed by atoms with Gasteiger partial charge in [0.15, 0.2) is 0 Å². The summed E-state index contributed by atoms with van der Waals surface area (Å²) >= 11 is 0. The van der Waals surface area contributed by atoms with E-state index in [1.54, 1.807) is 118 Å². The second-order valence-electron chi connectivity index (χ2n) is 24.9. The van der Waals surface area contributed by atoms with Crippen LogP contribution in [0.1, 0.15) is 137 Å². The third-order valence-corrected chi connectivity index (χ3v) is 11.0. The Kier molecular flexibility index (Phi) is 24.3. The molecule has 0 spiro atoms. The summed E-state index contributed by atoms with van der Waals surface area (Å²) in [5.41, 5.74) is -5.10. The molecule has 4 N–H and O–H groups in total. The summed E-state index contributed by atoms with van der Waals surface area (Å²) in [6.45, 7) is 29.5. The quantitative estimate of drug-likeness (QED) is 0.135. The molecule has 2 fully saturated rings. The fraction of sp³-hybridized carbons (Fsp3) is 0.827. The standard InChI is InChI=1S/C52H93N9O15/c1-19-20-52(17,18)72-42(66)56-30-35(29-55-41(65)71-47(2,3)4)40(64)57(23-21-53-38(62)36-31-58(43(67)73-48(5,6)7)25-26-59(32-36)44(68)74-49(8,9)10)24-22-54-39(63)37-33-60(45(69)75-50(11,12)13)27-28-61(34-37)46(70)76-51(14,15)16/h35-37H,19-34H2,1-18H3,(H,53,62)(H,54,63)(H,55,65)(H,56,66). The summed E-state index contributed by atoms with van der Waals surface area (Å²) < 4.78 is 33.6. The Balaban J connectivity index is 2.53. The van der Waals surface area contributed by atoms with Crippen molar-refractivity contribution < 1.29 is 71.6 Å². The minimum absolute atomic E-state index is 0.0568. The van der Waals surface area contributed by atoms with Crippen LogP contribution < -0.4 is 21.3 Å². The van der Waals surface area contributed by atoms with E-state index in [0.717, 1.165) is 6.42 Å². The molecule has 24 nitrogen and oxygen atoms in total. The Bertz CT molecular complexity index is 1830. The maximum absolute atomic E-state index is 14.8. The van der Waals surface area contributed by atoms with E-state index in [4.69, 9.17) is 28.4 Å². The second kappa shape index (κ2) is 27.9. The summed E-state index contributed by atoms with van der Waals surface area (Å²) in [6, 6.07) is 0. The van der Waals surface area contributed by atoms with Gasteiger partial charge in [0.1, 0.15) is 33.6 Å². The number of hydrogen-bond donors (Lipinski definition) is 4. The molecule has 0 aromatic heterocycles. The molecular weight excluding hydrogens is 991 g/mol. The lowest BCUT2D eigenvalue weighted by Crippen LogP contribution is -2.52. The van der Waals surface area contributed by atoms with Gasteiger partial charge in [-0.1, -0.05) is 13.3 Å². The monoisotopic (exact) mass is 1080 g/mol. The Morgan fingerprint density at radius 1 is 0.447 bits per heavy atom. The van der Waals surface area contributed by atoms with Gasteiger partial charge in [0.05, 0.1) is 17.8 Å². The summed E-state index contributed by atoms with van der Waals surface area (Å²) in [5.74, 6) is -4.78. The maximum atomic E-state index is 14.8. The molecule has 0 bridgehead atoms. The molecule has 0 aliphatic carbocycles. The zero-order valence-electron chi connectivity index (χ0n) is 48.9. The number of ether oxygens (including phenoxy) is 6. The fourth-order valence-electron chi connectivity index (χ4n) is 7.75. The smallest absolute Gasteiger partial charge is 0.410 e. The Morgan fingerprint density at radius 3 is 1.01 bits per heavy atom. The van der Waals surface area contributed by atoms with Gasteiger partial charge in [-0.05, 0) is 124 Å². The molecule has 0 radical (unpaired) electrons. The van der Waals surface area contributed by atoms with E-state index in [1.165, 1.54) is 24.5 Å². The van der Waals surface area contributed by atoms with Crippen LogP contribution in [0.2, 0.25) is 0 Å². The maximum Gasteiger partial charge on any atom is 0.410 e. The number of carbonyl (C=O) groups is 9. The molecule has 1 unspecified atom stereocenters. The van der Waals surface area contributed by atoms with Gasteiger partial charge < -0.3 is 74.2 Å². The van der Waals surface area contributed by atoms with Crippen molar-refractivity contribution in [2.24, 2.45) is 17.8 Å². The van der Waals surface area contributed by atoms with Gasteiger partial charge in [0, 0.05) is 91.6 Å². The molecule has 0 aromatic rings. The molecular formula is C52H93N9O15. The van der Waals surface area contributed by atoms with Crippen molar-refractivity contribution in [2.45, 2.75) is 171 Å². The van der Waals surface area contributed by atoms with Crippen molar-refractivity contribution in [1.82, 2.24) is 45.8 Å². The van der Waals surface area contributed by atoms with E-state index >= 15 is 0 Å². The van der Waals surface area contributed by atoms with Crippen LogP contribution in [-0.2, 0) is 42.8 Å². The van der Waals surface area contributed by atoms with Gasteiger partial charge in [0.2, 0.25) is 17.7 Å². The predicted molar refractivity (Wildman–Crippen MR) is 282 cm³/mol. The van der Waals surface area contributed by atoms with E-state index in [-0.39, 0.29) is 91.6 Å². The molecule has 24 heteroatoms. The Labute approximate surface area is 450 Å². The number of amides is 9. The molecule has 2 saturated heterocycles. The van der Waals surface area contributed by atoms with Crippen LogP contribution in [0.3, 0.4) is 0 Å². The normalized spacial score (nSPS) is 16.0. The van der Waals surface area contributed by atoms with Gasteiger partial charge in [-0.15, -0.1) is 0 Å². The lowest BCUT2D eigenvalue weighted by Gasteiger charge is -2.30. The highest BCUT2D eigenvalue weighted by Crippen LogP contribution is 2.21. The molecule has 436 valence electrons. The van der Waals surface area contributed by atoms with E-state index in [1.807, 2.05) is 6.92 Å². The highest BCUT2D eigenvalue weighted by atomic mass is 16.6. The second-order valence-corrected chi connectivity index (χ2v) is 24.9. The molecule has 0 aromatic carbocycles. The number of nitrogens with one attached hydrogen (secondary N) is 4. The first kappa shape index (κ1) is 66.1. The van der Waals surface area contributed by atoms with E-state index in [0.29, 0.717) is 6.42 Å². The lowest BCUT2D eigenvalue weighted by atomic mass is 10.0. The Hall–Kier alpha value is -5.97. The van der Waals surface area contributed by atoms with Crippen molar-refractivity contribution >= 4 is 54.3 Å². The molecule has 1 atom stereocenters. The minimum Gasteiger partial charge on any atom is -0.444 e. The molecule has 2 rings (SSSR count). The average Bonchev–Trinajstić information content (AvgIpc) is 3.61. The van der Waals surface area contributed by atoms with Crippen LogP contribution in [0.5, 0.6) is 0 Å². The van der Waals surface area contributed by atoms with Crippen molar-refractivity contribution in [3.63, 3.8) is 0 Å². The van der Waals surface area contributed by atoms with E-state index in [9.17, 15) is 43.2 Å². The third-order valence-electron chi connectivity index (χ3n) is 11.0. The molecule has 0 saturated carbocycles. The van der Waals surface area contributed by atoms with Crippen molar-refractivity contribution in [3.8, 4) is 0 Å². The number of alkyl carbamates (subject to hydrolysis) is 2. The van der Waals surface area contributed by atoms with Gasteiger partial charge >= 0.3 is 36.6 Å². The largest absolute Gasteiger partial charge is 0.444 e. The number of carbonyl (C=O) groups excluding carboxylic acids is 9. The molecule has 2 aliphatic rings. The Morgan fingerprint density at radius 2 is 0.737 bits per heavy atom. The van der Waals surface area contributed by atoms with Gasteiger partial charge in [0.25, 0.3) is 0 Å². The highest BCUT2D eigenvalue weighted by molar-refractivity contribution is 5.83. The summed E-state index contributed by atoms with van der Waals surface area (Å²) in [5, 5.41) is 11.0. The first-order valence-corrected chi connectivity index (χ1v) is 26.4. The van der Waals surface area contributed by atoms with Crippen molar-refractivity contribution in [3.05, 3.63) is 0 Å². The zero-order valence-corrected chi connectivity index (χ0v) is 48.9. The highest BCUT2D eigenvalue weighted by Gasteiger charge is 2.38. The van der Waals surface area contributed by atoms with Crippen molar-refractivity contribution in [1.29, 1.82) is 0 Å². The van der Waals surface area contributed by atoms with Crippen LogP contribution in [0.4, 0.5) is 28.8 Å². The van der Waals surface area contributed by atoms with Crippen LogP contribution in [-0.4, -0.2) is 204 Å². The predicted octanol–water partition coefficient (Wildman–Crippen LogP) is 5.70. The van der Waals surface area contributed by atoms with Crippen molar-refractivity contribution in [2.75, 3.05) is 91.6 Å². The third kappa shape index (κ3) is 26.2. The number of rotatable bonds is 16. The van der Waals surface area contributed by atoms with E-state index in [2.05, 4.69) is 21.3 Å². The topological polar surface area (TPSA) is 273 Å². The summed E-state index contributed by atoms with van der Waals surface area (Å²) in [7, 11) is 0. The number of hydrogen-bond acceptors (Lipinski definition) is 15. The van der Waals surface area contributed by atoms with Crippen LogP contribution >= 0.6 is 0 Å². The first-order valence-electron chi connectivity index (χ1n) is 26.4. The zero-order chi connectivity index (χ0) is 58.2. The SMILES string of the molecule is CCCC(C)(C)OC(=O)NCC(CNC(=O)OC(C)(C)C)C(=O)N(CCNC(=O)C1CN(C(=O)OC(C)(C)C)CCN(C(=O)OC(C)(C)C)C1)CCNC(=O)C1CN(C(=O)OC(C)(C)C)CCN(C(=O)OC(C)(C)C)C1. The van der Waals surface area contributed by atoms with Crippen LogP contribution in [0.25, 0.3) is 0 Å². The van der Waals surface area contributed by atoms with Gasteiger partial charge in [-0.3, -0.25) is 14.4 Å². The molecule has 2 heterocycles. The summed E-state index contributed by atoms with van der Waals surface area (Å²) in [6.07, 6.45) is -3.02. The lowest BCUT2D eigenvalue weighted by molar-refractivity contribution is -0.136. The minimum atomic E-state index is -1.14. The fourth-order valence-corrected chi connectivity index (χ4v) is 7.75. The molecule has 76 heavy (non-hydrogen) atoms. The molecule has 2 aliphatic heterocycles.